The Morgan fingerprint density at radius 3 is 2.71 bits per heavy atom. The lowest BCUT2D eigenvalue weighted by molar-refractivity contribution is 0.419. The molecule has 0 saturated heterocycles. The van der Waals surface area contributed by atoms with Gasteiger partial charge in [-0.15, -0.1) is 11.6 Å². The van der Waals surface area contributed by atoms with Gasteiger partial charge in [0, 0.05) is 5.56 Å². The lowest BCUT2D eigenvalue weighted by Crippen LogP contribution is -2.02. The molecule has 0 N–H and O–H groups in total. The molecule has 1 aromatic heterocycles. The number of hydrogen-bond donors (Lipinski definition) is 0. The highest BCUT2D eigenvalue weighted by atomic mass is 35.5. The van der Waals surface area contributed by atoms with Crippen molar-refractivity contribution in [2.45, 2.75) is 12.8 Å². The van der Waals surface area contributed by atoms with Crippen molar-refractivity contribution < 1.29 is 9.13 Å². The van der Waals surface area contributed by atoms with Crippen LogP contribution in [0.5, 0.6) is 5.75 Å². The number of halogens is 2. The Balaban J connectivity index is 2.38. The van der Waals surface area contributed by atoms with Crippen molar-refractivity contribution in [1.82, 2.24) is 9.55 Å². The lowest BCUT2D eigenvalue weighted by atomic mass is 10.2. The molecule has 3 aromatic rings. The number of fused-ring (bicyclic) bond motifs is 1. The zero-order valence-corrected chi connectivity index (χ0v) is 12.5. The summed E-state index contributed by atoms with van der Waals surface area (Å²) in [6, 6.07) is 10.6. The van der Waals surface area contributed by atoms with E-state index in [9.17, 15) is 4.39 Å². The van der Waals surface area contributed by atoms with E-state index in [2.05, 4.69) is 4.98 Å². The van der Waals surface area contributed by atoms with Crippen LogP contribution in [0.1, 0.15) is 11.4 Å². The molecule has 0 aliphatic rings. The summed E-state index contributed by atoms with van der Waals surface area (Å²) in [5.41, 5.74) is 2.87. The van der Waals surface area contributed by atoms with Crippen LogP contribution in [0.25, 0.3) is 16.7 Å². The highest BCUT2D eigenvalue weighted by molar-refractivity contribution is 6.17. The number of imidazole rings is 1. The van der Waals surface area contributed by atoms with Crippen molar-refractivity contribution in [3.63, 3.8) is 0 Å². The Morgan fingerprint density at radius 2 is 2.00 bits per heavy atom. The van der Waals surface area contributed by atoms with E-state index in [1.54, 1.807) is 20.1 Å². The Labute approximate surface area is 126 Å². The molecule has 21 heavy (non-hydrogen) atoms. The van der Waals surface area contributed by atoms with Gasteiger partial charge in [0.2, 0.25) is 0 Å². The molecule has 0 bridgehead atoms. The second kappa shape index (κ2) is 5.37. The van der Waals surface area contributed by atoms with Gasteiger partial charge in [-0.1, -0.05) is 12.1 Å². The molecule has 0 aliphatic heterocycles. The fourth-order valence-corrected chi connectivity index (χ4v) is 2.66. The van der Waals surface area contributed by atoms with Crippen molar-refractivity contribution >= 4 is 22.6 Å². The lowest BCUT2D eigenvalue weighted by Gasteiger charge is -2.11. The Morgan fingerprint density at radius 1 is 1.24 bits per heavy atom. The average molecular weight is 305 g/mol. The van der Waals surface area contributed by atoms with Crippen molar-refractivity contribution in [3.05, 3.63) is 53.6 Å². The van der Waals surface area contributed by atoms with Crippen LogP contribution >= 0.6 is 11.6 Å². The number of methoxy groups -OCH3 is 1. The normalized spacial score (nSPS) is 11.0. The van der Waals surface area contributed by atoms with E-state index in [1.165, 1.54) is 6.07 Å². The summed E-state index contributed by atoms with van der Waals surface area (Å²) < 4.78 is 21.1. The Hall–Kier alpha value is -2.07. The zero-order chi connectivity index (χ0) is 15.0. The first-order valence-corrected chi connectivity index (χ1v) is 7.06. The van der Waals surface area contributed by atoms with Crippen LogP contribution in [0.4, 0.5) is 4.39 Å². The van der Waals surface area contributed by atoms with Crippen LogP contribution in [-0.4, -0.2) is 16.7 Å². The standard InChI is InChI=1S/C16H14ClFN2O/c1-10-11(18)5-3-6-12(10)20-13-7-4-8-14(21-2)16(13)19-15(20)9-17/h3-8H,9H2,1-2H3. The highest BCUT2D eigenvalue weighted by Crippen LogP contribution is 2.30. The number of para-hydroxylation sites is 1. The van der Waals surface area contributed by atoms with Gasteiger partial charge in [-0.05, 0) is 31.2 Å². The number of aromatic nitrogens is 2. The van der Waals surface area contributed by atoms with Gasteiger partial charge in [0.05, 0.1) is 24.2 Å². The SMILES string of the molecule is COc1cccc2c1nc(CCl)n2-c1cccc(F)c1C. The Kier molecular flexibility index (Phi) is 3.55. The van der Waals surface area contributed by atoms with Crippen LogP contribution in [-0.2, 0) is 5.88 Å². The average Bonchev–Trinajstić information content (AvgIpc) is 2.88. The van der Waals surface area contributed by atoms with Crippen molar-refractivity contribution in [3.8, 4) is 11.4 Å². The molecule has 1 heterocycles. The van der Waals surface area contributed by atoms with E-state index in [0.717, 1.165) is 16.7 Å². The number of hydrogen-bond acceptors (Lipinski definition) is 2. The molecule has 0 radical (unpaired) electrons. The van der Waals surface area contributed by atoms with E-state index in [1.807, 2.05) is 28.8 Å². The molecule has 0 aliphatic carbocycles. The topological polar surface area (TPSA) is 27.1 Å². The second-order valence-corrected chi connectivity index (χ2v) is 4.98. The number of benzene rings is 2. The van der Waals surface area contributed by atoms with Crippen molar-refractivity contribution in [2.75, 3.05) is 7.11 Å². The minimum Gasteiger partial charge on any atom is -0.494 e. The maximum absolute atomic E-state index is 13.9. The molecule has 0 amide bonds. The van der Waals surface area contributed by atoms with Gasteiger partial charge in [-0.3, -0.25) is 4.57 Å². The van der Waals surface area contributed by atoms with Gasteiger partial charge in [0.25, 0.3) is 0 Å². The molecule has 5 heteroatoms. The van der Waals surface area contributed by atoms with Crippen LogP contribution in [0.3, 0.4) is 0 Å². The summed E-state index contributed by atoms with van der Waals surface area (Å²) in [6.07, 6.45) is 0. The van der Waals surface area contributed by atoms with E-state index in [0.29, 0.717) is 17.1 Å². The van der Waals surface area contributed by atoms with Gasteiger partial charge in [-0.25, -0.2) is 9.37 Å². The molecular formula is C16H14ClFN2O. The molecule has 0 fully saturated rings. The molecule has 0 saturated carbocycles. The van der Waals surface area contributed by atoms with Gasteiger partial charge >= 0.3 is 0 Å². The molecule has 2 aromatic carbocycles. The molecule has 108 valence electrons. The van der Waals surface area contributed by atoms with Gasteiger partial charge in [0.1, 0.15) is 22.9 Å². The van der Waals surface area contributed by atoms with Crippen molar-refractivity contribution in [2.24, 2.45) is 0 Å². The minimum absolute atomic E-state index is 0.230. The predicted molar refractivity (Wildman–Crippen MR) is 81.9 cm³/mol. The van der Waals surface area contributed by atoms with Gasteiger partial charge in [0.15, 0.2) is 0 Å². The number of rotatable bonds is 3. The van der Waals surface area contributed by atoms with Crippen LogP contribution in [0, 0.1) is 12.7 Å². The first-order chi connectivity index (χ1) is 10.2. The van der Waals surface area contributed by atoms with Crippen LogP contribution < -0.4 is 4.74 Å². The molecular weight excluding hydrogens is 291 g/mol. The van der Waals surface area contributed by atoms with Crippen molar-refractivity contribution in [1.29, 1.82) is 0 Å². The number of alkyl halides is 1. The van der Waals surface area contributed by atoms with Gasteiger partial charge < -0.3 is 4.74 Å². The zero-order valence-electron chi connectivity index (χ0n) is 11.7. The quantitative estimate of drug-likeness (QED) is 0.677. The maximum Gasteiger partial charge on any atom is 0.146 e. The second-order valence-electron chi connectivity index (χ2n) is 4.71. The number of ether oxygens (including phenoxy) is 1. The van der Waals surface area contributed by atoms with E-state index < -0.39 is 0 Å². The fraction of sp³-hybridized carbons (Fsp3) is 0.188. The third-order valence-electron chi connectivity index (χ3n) is 3.54. The largest absolute Gasteiger partial charge is 0.494 e. The van der Waals surface area contributed by atoms with E-state index >= 15 is 0 Å². The van der Waals surface area contributed by atoms with E-state index in [4.69, 9.17) is 16.3 Å². The summed E-state index contributed by atoms with van der Waals surface area (Å²) in [7, 11) is 1.60. The van der Waals surface area contributed by atoms with E-state index in [-0.39, 0.29) is 11.7 Å². The highest BCUT2D eigenvalue weighted by Gasteiger charge is 2.17. The monoisotopic (exact) mass is 304 g/mol. The minimum atomic E-state index is -0.252. The number of nitrogens with zero attached hydrogens (tertiary/aromatic N) is 2. The third-order valence-corrected chi connectivity index (χ3v) is 3.78. The molecule has 0 unspecified atom stereocenters. The molecule has 3 nitrogen and oxygen atoms in total. The predicted octanol–water partition coefficient (Wildman–Crippen LogP) is 4.22. The van der Waals surface area contributed by atoms with Crippen LogP contribution in [0.15, 0.2) is 36.4 Å². The molecule has 0 atom stereocenters. The molecule has 0 spiro atoms. The van der Waals surface area contributed by atoms with Crippen LogP contribution in [0.2, 0.25) is 0 Å². The maximum atomic E-state index is 13.9. The smallest absolute Gasteiger partial charge is 0.146 e. The third kappa shape index (κ3) is 2.16. The molecule has 3 rings (SSSR count). The fourth-order valence-electron chi connectivity index (χ4n) is 2.48. The first-order valence-electron chi connectivity index (χ1n) is 6.53. The summed E-state index contributed by atoms with van der Waals surface area (Å²) in [4.78, 5) is 4.53. The van der Waals surface area contributed by atoms with Gasteiger partial charge in [-0.2, -0.15) is 0 Å². The summed E-state index contributed by atoms with van der Waals surface area (Å²) >= 11 is 6.02. The summed E-state index contributed by atoms with van der Waals surface area (Å²) in [5.74, 6) is 1.31. The summed E-state index contributed by atoms with van der Waals surface area (Å²) in [6.45, 7) is 1.74. The summed E-state index contributed by atoms with van der Waals surface area (Å²) in [5, 5.41) is 0. The first kappa shape index (κ1) is 13.9. The Bertz CT molecular complexity index is 813.